The van der Waals surface area contributed by atoms with Crippen molar-refractivity contribution >= 4 is 5.97 Å². The summed E-state index contributed by atoms with van der Waals surface area (Å²) in [6.45, 7) is 6.03. The average Bonchev–Trinajstić information content (AvgIpc) is 2.84. The molecule has 0 aliphatic rings. The number of aryl methyl sites for hydroxylation is 1. The van der Waals surface area contributed by atoms with E-state index in [9.17, 15) is 4.79 Å². The van der Waals surface area contributed by atoms with Crippen LogP contribution in [0.25, 0.3) is 11.4 Å². The summed E-state index contributed by atoms with van der Waals surface area (Å²) in [6.07, 6.45) is 18.7. The quantitative estimate of drug-likeness (QED) is 0.145. The normalized spacial score (nSPS) is 11.2. The molecule has 0 fully saturated rings. The number of ether oxygens (including phenoxy) is 2. The maximum Gasteiger partial charge on any atom is 0.311 e. The highest BCUT2D eigenvalue weighted by atomic mass is 16.5. The Labute approximate surface area is 199 Å². The number of allylic oxidation sites excluding steroid dienone is 2. The van der Waals surface area contributed by atoms with Crippen molar-refractivity contribution in [2.24, 2.45) is 0 Å². The fourth-order valence-corrected chi connectivity index (χ4v) is 3.41. The molecule has 0 radical (unpaired) electrons. The molecule has 1 heterocycles. The van der Waals surface area contributed by atoms with Crippen molar-refractivity contribution in [3.63, 3.8) is 0 Å². The summed E-state index contributed by atoms with van der Waals surface area (Å²) in [7, 11) is 0. The highest BCUT2D eigenvalue weighted by molar-refractivity contribution is 5.72. The third kappa shape index (κ3) is 11.8. The van der Waals surface area contributed by atoms with Crippen LogP contribution in [0.15, 0.2) is 48.8 Å². The van der Waals surface area contributed by atoms with Crippen molar-refractivity contribution in [3.05, 3.63) is 54.4 Å². The van der Waals surface area contributed by atoms with Gasteiger partial charge in [0.2, 0.25) is 0 Å². The van der Waals surface area contributed by atoms with Gasteiger partial charge in [-0.15, -0.1) is 0 Å². The first kappa shape index (κ1) is 26.7. The monoisotopic (exact) mass is 452 g/mol. The molecule has 180 valence electrons. The van der Waals surface area contributed by atoms with Gasteiger partial charge in [0.25, 0.3) is 0 Å². The third-order valence-corrected chi connectivity index (χ3v) is 5.30. The predicted molar refractivity (Wildman–Crippen MR) is 134 cm³/mol. The van der Waals surface area contributed by atoms with Gasteiger partial charge in [-0.05, 0) is 56.9 Å². The van der Waals surface area contributed by atoms with Gasteiger partial charge in [-0.1, -0.05) is 63.1 Å². The van der Waals surface area contributed by atoms with E-state index in [1.807, 2.05) is 0 Å². The van der Waals surface area contributed by atoms with Crippen LogP contribution in [0.4, 0.5) is 0 Å². The Bertz CT molecular complexity index is 801. The van der Waals surface area contributed by atoms with Crippen molar-refractivity contribution in [1.82, 2.24) is 9.97 Å². The molecule has 5 heteroatoms. The summed E-state index contributed by atoms with van der Waals surface area (Å²) in [4.78, 5) is 20.8. The number of carbonyl (C=O) groups is 1. The molecule has 0 amide bonds. The molecule has 0 unspecified atom stereocenters. The van der Waals surface area contributed by atoms with Gasteiger partial charge in [0, 0.05) is 25.2 Å². The third-order valence-electron chi connectivity index (χ3n) is 5.30. The number of unbranched alkanes of at least 4 members (excludes halogenated alkanes) is 5. The van der Waals surface area contributed by atoms with E-state index in [1.165, 1.54) is 24.8 Å². The number of benzene rings is 1. The zero-order valence-corrected chi connectivity index (χ0v) is 20.4. The van der Waals surface area contributed by atoms with E-state index in [1.54, 1.807) is 12.4 Å². The molecule has 2 aromatic rings. The van der Waals surface area contributed by atoms with Crippen LogP contribution in [-0.2, 0) is 16.0 Å². The standard InChI is InChI=1S/C28H40N2O3/c1-3-5-6-7-8-9-12-15-27(31)33-26-22-29-28(30-23-26)25-18-16-24(17-19-25)14-11-10-13-21-32-20-4-2/h6-7,16-19,22-23H,3-5,8-15,20-21H2,1-2H3/b7-6+. The van der Waals surface area contributed by atoms with Crippen molar-refractivity contribution in [3.8, 4) is 17.1 Å². The summed E-state index contributed by atoms with van der Waals surface area (Å²) < 4.78 is 10.9. The fourth-order valence-electron chi connectivity index (χ4n) is 3.41. The van der Waals surface area contributed by atoms with Crippen LogP contribution >= 0.6 is 0 Å². The molecule has 0 saturated heterocycles. The van der Waals surface area contributed by atoms with E-state index in [4.69, 9.17) is 9.47 Å². The summed E-state index contributed by atoms with van der Waals surface area (Å²) in [5.41, 5.74) is 2.28. The fraction of sp³-hybridized carbons (Fsp3) is 0.536. The molecule has 0 atom stereocenters. The number of nitrogens with zero attached hydrogens (tertiary/aromatic N) is 2. The minimum Gasteiger partial charge on any atom is -0.423 e. The summed E-state index contributed by atoms with van der Waals surface area (Å²) in [5.74, 6) is 0.796. The Morgan fingerprint density at radius 3 is 2.33 bits per heavy atom. The van der Waals surface area contributed by atoms with Crippen LogP contribution < -0.4 is 4.74 Å². The van der Waals surface area contributed by atoms with Crippen LogP contribution in [-0.4, -0.2) is 29.2 Å². The summed E-state index contributed by atoms with van der Waals surface area (Å²) >= 11 is 0. The molecular formula is C28H40N2O3. The Kier molecular flexibility index (Phi) is 13.8. The summed E-state index contributed by atoms with van der Waals surface area (Å²) in [6, 6.07) is 8.38. The molecule has 0 N–H and O–H groups in total. The van der Waals surface area contributed by atoms with E-state index >= 15 is 0 Å². The molecule has 2 rings (SSSR count). The van der Waals surface area contributed by atoms with Gasteiger partial charge < -0.3 is 9.47 Å². The lowest BCUT2D eigenvalue weighted by atomic mass is 10.0. The van der Waals surface area contributed by atoms with Crippen molar-refractivity contribution in [1.29, 1.82) is 0 Å². The Balaban J connectivity index is 1.68. The molecule has 0 aliphatic carbocycles. The second-order valence-electron chi connectivity index (χ2n) is 8.34. The molecule has 33 heavy (non-hydrogen) atoms. The second kappa shape index (κ2) is 17.0. The van der Waals surface area contributed by atoms with Gasteiger partial charge in [-0.2, -0.15) is 0 Å². The Morgan fingerprint density at radius 1 is 0.848 bits per heavy atom. The lowest BCUT2D eigenvalue weighted by molar-refractivity contribution is -0.134. The van der Waals surface area contributed by atoms with Crippen molar-refractivity contribution in [2.45, 2.75) is 84.5 Å². The van der Waals surface area contributed by atoms with E-state index in [-0.39, 0.29) is 5.97 Å². The van der Waals surface area contributed by atoms with E-state index in [0.29, 0.717) is 18.0 Å². The molecule has 0 aliphatic heterocycles. The SMILES string of the molecule is CCC/C=C/CCCCC(=O)Oc1cnc(-c2ccc(CCCCCOCCC)cc2)nc1. The minimum atomic E-state index is -0.231. The van der Waals surface area contributed by atoms with Crippen LogP contribution in [0.1, 0.15) is 83.6 Å². The first-order chi connectivity index (χ1) is 16.2. The smallest absolute Gasteiger partial charge is 0.311 e. The number of hydrogen-bond donors (Lipinski definition) is 0. The number of aromatic nitrogens is 2. The average molecular weight is 453 g/mol. The first-order valence-electron chi connectivity index (χ1n) is 12.6. The van der Waals surface area contributed by atoms with E-state index in [2.05, 4.69) is 60.2 Å². The van der Waals surface area contributed by atoms with Gasteiger partial charge in [-0.3, -0.25) is 4.79 Å². The highest BCUT2D eigenvalue weighted by Gasteiger charge is 2.07. The zero-order valence-electron chi connectivity index (χ0n) is 20.4. The number of rotatable bonds is 17. The number of carbonyl (C=O) groups excluding carboxylic acids is 1. The van der Waals surface area contributed by atoms with E-state index < -0.39 is 0 Å². The lowest BCUT2D eigenvalue weighted by Crippen LogP contribution is -2.08. The zero-order chi connectivity index (χ0) is 23.6. The molecule has 0 bridgehead atoms. The van der Waals surface area contributed by atoms with Gasteiger partial charge in [-0.25, -0.2) is 9.97 Å². The van der Waals surface area contributed by atoms with Gasteiger partial charge in [0.15, 0.2) is 11.6 Å². The molecule has 5 nitrogen and oxygen atoms in total. The molecule has 1 aromatic carbocycles. The topological polar surface area (TPSA) is 61.3 Å². The van der Waals surface area contributed by atoms with Gasteiger partial charge in [0.1, 0.15) is 0 Å². The van der Waals surface area contributed by atoms with Crippen LogP contribution in [0.5, 0.6) is 5.75 Å². The molecule has 0 saturated carbocycles. The lowest BCUT2D eigenvalue weighted by Gasteiger charge is -2.06. The first-order valence-corrected chi connectivity index (χ1v) is 12.6. The Morgan fingerprint density at radius 2 is 1.61 bits per heavy atom. The summed E-state index contributed by atoms with van der Waals surface area (Å²) in [5, 5.41) is 0. The number of esters is 1. The largest absolute Gasteiger partial charge is 0.423 e. The minimum absolute atomic E-state index is 0.231. The second-order valence-corrected chi connectivity index (χ2v) is 8.34. The van der Waals surface area contributed by atoms with Gasteiger partial charge in [0.05, 0.1) is 12.4 Å². The highest BCUT2D eigenvalue weighted by Crippen LogP contribution is 2.19. The van der Waals surface area contributed by atoms with Gasteiger partial charge >= 0.3 is 5.97 Å². The number of hydrogen-bond acceptors (Lipinski definition) is 5. The van der Waals surface area contributed by atoms with E-state index in [0.717, 1.165) is 63.7 Å². The molecule has 0 spiro atoms. The van der Waals surface area contributed by atoms with Crippen molar-refractivity contribution < 1.29 is 14.3 Å². The van der Waals surface area contributed by atoms with Crippen molar-refractivity contribution in [2.75, 3.05) is 13.2 Å². The molecule has 1 aromatic heterocycles. The predicted octanol–water partition coefficient (Wildman–Crippen LogP) is 7.11. The maximum absolute atomic E-state index is 12.0. The van der Waals surface area contributed by atoms with Crippen LogP contribution in [0, 0.1) is 0 Å². The van der Waals surface area contributed by atoms with Crippen LogP contribution in [0.3, 0.4) is 0 Å². The maximum atomic E-state index is 12.0. The Hall–Kier alpha value is -2.53. The molecular weight excluding hydrogens is 412 g/mol. The van der Waals surface area contributed by atoms with Crippen LogP contribution in [0.2, 0.25) is 0 Å².